The summed E-state index contributed by atoms with van der Waals surface area (Å²) in [5, 5.41) is 34.8. The van der Waals surface area contributed by atoms with Crippen LogP contribution in [0.15, 0.2) is 12.5 Å². The fraction of sp³-hybridized carbons (Fsp3) is 0.619. The molecule has 1 aromatic heterocycles. The van der Waals surface area contributed by atoms with Crippen LogP contribution in [0.3, 0.4) is 0 Å². The standard InChI is InChI=1S/C21H34N6O8/c1-10(2)6-15(26-18(31)13(22)7-12-8-23-9-24-12)20(33)25-14(4-5-16(29)30)19(32)27-17(11(3)28)21(34)35/h8-11,13-15,17,28H,4-7,22H2,1-3H3,(H,23,24)(H,25,33)(H,26,31)(H,27,32)(H,29,30)(H,34,35). The summed E-state index contributed by atoms with van der Waals surface area (Å²) < 4.78 is 0. The van der Waals surface area contributed by atoms with Gasteiger partial charge in [0.15, 0.2) is 6.04 Å². The number of hydrogen-bond acceptors (Lipinski definition) is 8. The monoisotopic (exact) mass is 498 g/mol. The molecular weight excluding hydrogens is 464 g/mol. The van der Waals surface area contributed by atoms with Crippen molar-refractivity contribution in [3.8, 4) is 0 Å². The summed E-state index contributed by atoms with van der Waals surface area (Å²) in [7, 11) is 0. The second-order valence-electron chi connectivity index (χ2n) is 8.64. The summed E-state index contributed by atoms with van der Waals surface area (Å²) in [5.41, 5.74) is 6.55. The van der Waals surface area contributed by atoms with Gasteiger partial charge in [0.1, 0.15) is 12.1 Å². The van der Waals surface area contributed by atoms with Gasteiger partial charge in [-0.25, -0.2) is 9.78 Å². The quantitative estimate of drug-likeness (QED) is 0.134. The van der Waals surface area contributed by atoms with Crippen LogP contribution in [0.4, 0.5) is 0 Å². The fourth-order valence-electron chi connectivity index (χ4n) is 3.16. The molecule has 0 fully saturated rings. The number of aromatic amines is 1. The Morgan fingerprint density at radius 2 is 1.60 bits per heavy atom. The van der Waals surface area contributed by atoms with E-state index in [4.69, 9.17) is 10.8 Å². The Hall–Kier alpha value is -3.52. The van der Waals surface area contributed by atoms with Gasteiger partial charge in [-0.1, -0.05) is 13.8 Å². The molecule has 1 aromatic rings. The Morgan fingerprint density at radius 3 is 2.09 bits per heavy atom. The van der Waals surface area contributed by atoms with Crippen molar-refractivity contribution in [2.75, 3.05) is 0 Å². The Labute approximate surface area is 202 Å². The molecule has 196 valence electrons. The second kappa shape index (κ2) is 14.0. The van der Waals surface area contributed by atoms with Crippen molar-refractivity contribution in [2.24, 2.45) is 11.7 Å². The number of amides is 3. The number of aliphatic hydroxyl groups excluding tert-OH is 1. The summed E-state index contributed by atoms with van der Waals surface area (Å²) >= 11 is 0. The van der Waals surface area contributed by atoms with Gasteiger partial charge in [-0.05, 0) is 25.7 Å². The van der Waals surface area contributed by atoms with Crippen LogP contribution >= 0.6 is 0 Å². The molecule has 0 spiro atoms. The van der Waals surface area contributed by atoms with E-state index in [-0.39, 0.29) is 25.2 Å². The fourth-order valence-corrected chi connectivity index (χ4v) is 3.16. The lowest BCUT2D eigenvalue weighted by molar-refractivity contribution is -0.145. The van der Waals surface area contributed by atoms with Gasteiger partial charge in [0.25, 0.3) is 0 Å². The predicted molar refractivity (Wildman–Crippen MR) is 122 cm³/mol. The number of rotatable bonds is 15. The molecule has 5 unspecified atom stereocenters. The number of aromatic nitrogens is 2. The van der Waals surface area contributed by atoms with Crippen LogP contribution in [0.25, 0.3) is 0 Å². The van der Waals surface area contributed by atoms with Crippen LogP contribution in [0.2, 0.25) is 0 Å². The molecule has 1 heterocycles. The molecule has 0 saturated carbocycles. The van der Waals surface area contributed by atoms with Gasteiger partial charge in [-0.2, -0.15) is 0 Å². The minimum absolute atomic E-state index is 0.0483. The van der Waals surface area contributed by atoms with Crippen molar-refractivity contribution < 1.29 is 39.3 Å². The summed E-state index contributed by atoms with van der Waals surface area (Å²) in [4.78, 5) is 67.2. The first-order chi connectivity index (χ1) is 16.3. The molecule has 0 aliphatic heterocycles. The van der Waals surface area contributed by atoms with Crippen LogP contribution in [0, 0.1) is 5.92 Å². The Kier molecular flexibility index (Phi) is 11.8. The Morgan fingerprint density at radius 1 is 1.00 bits per heavy atom. The first-order valence-corrected chi connectivity index (χ1v) is 11.1. The number of carbonyl (C=O) groups is 5. The molecule has 0 aliphatic carbocycles. The third-order valence-corrected chi connectivity index (χ3v) is 5.00. The molecule has 3 amide bonds. The van der Waals surface area contributed by atoms with E-state index in [1.807, 2.05) is 13.8 Å². The van der Waals surface area contributed by atoms with Gasteiger partial charge in [0.05, 0.1) is 18.5 Å². The van der Waals surface area contributed by atoms with Crippen molar-refractivity contribution in [1.29, 1.82) is 0 Å². The van der Waals surface area contributed by atoms with Gasteiger partial charge < -0.3 is 42.0 Å². The van der Waals surface area contributed by atoms with Crippen LogP contribution in [-0.4, -0.2) is 85.2 Å². The number of H-pyrrole nitrogens is 1. The maximum absolute atomic E-state index is 13.0. The smallest absolute Gasteiger partial charge is 0.328 e. The SMILES string of the molecule is CC(C)CC(NC(=O)C(N)Cc1cnc[nH]1)C(=O)NC(CCC(=O)O)C(=O)NC(C(=O)O)C(C)O. The number of aliphatic carboxylic acids is 2. The molecule has 14 nitrogen and oxygen atoms in total. The summed E-state index contributed by atoms with van der Waals surface area (Å²) in [5.74, 6) is -5.17. The maximum atomic E-state index is 13.0. The molecule has 0 saturated heterocycles. The Bertz CT molecular complexity index is 873. The molecular formula is C21H34N6O8. The van der Waals surface area contributed by atoms with Crippen LogP contribution < -0.4 is 21.7 Å². The normalized spacial score (nSPS) is 15.4. The lowest BCUT2D eigenvalue weighted by Gasteiger charge is -2.26. The van der Waals surface area contributed by atoms with Gasteiger partial charge in [-0.15, -0.1) is 0 Å². The number of hydrogen-bond donors (Lipinski definition) is 8. The molecule has 0 aliphatic rings. The van der Waals surface area contributed by atoms with Crippen LogP contribution in [-0.2, 0) is 30.4 Å². The molecule has 14 heteroatoms. The highest BCUT2D eigenvalue weighted by Crippen LogP contribution is 2.08. The summed E-state index contributed by atoms with van der Waals surface area (Å²) in [6, 6.07) is -5.18. The van der Waals surface area contributed by atoms with Crippen LogP contribution in [0.1, 0.15) is 45.7 Å². The molecule has 9 N–H and O–H groups in total. The van der Waals surface area contributed by atoms with Crippen molar-refractivity contribution in [1.82, 2.24) is 25.9 Å². The Balaban J connectivity index is 2.97. The van der Waals surface area contributed by atoms with E-state index < -0.39 is 66.4 Å². The number of nitrogens with two attached hydrogens (primary N) is 1. The number of nitrogens with one attached hydrogen (secondary N) is 4. The largest absolute Gasteiger partial charge is 0.481 e. The number of aliphatic hydroxyl groups is 1. The minimum Gasteiger partial charge on any atom is -0.481 e. The zero-order valence-corrected chi connectivity index (χ0v) is 19.9. The second-order valence-corrected chi connectivity index (χ2v) is 8.64. The first kappa shape index (κ1) is 29.5. The lowest BCUT2D eigenvalue weighted by atomic mass is 10.0. The first-order valence-electron chi connectivity index (χ1n) is 11.1. The average Bonchev–Trinajstić information content (AvgIpc) is 3.25. The van der Waals surface area contributed by atoms with E-state index in [2.05, 4.69) is 25.9 Å². The highest BCUT2D eigenvalue weighted by molar-refractivity contribution is 5.94. The topological polar surface area (TPSA) is 237 Å². The number of carboxylic acid groups (broad SMARTS) is 2. The van der Waals surface area contributed by atoms with Crippen LogP contribution in [0.5, 0.6) is 0 Å². The van der Waals surface area contributed by atoms with E-state index in [1.165, 1.54) is 12.5 Å². The zero-order chi connectivity index (χ0) is 26.7. The van der Waals surface area contributed by atoms with Crippen molar-refractivity contribution in [3.05, 3.63) is 18.2 Å². The van der Waals surface area contributed by atoms with E-state index in [0.717, 1.165) is 6.92 Å². The van der Waals surface area contributed by atoms with Crippen molar-refractivity contribution in [2.45, 2.75) is 76.7 Å². The van der Waals surface area contributed by atoms with Gasteiger partial charge in [0.2, 0.25) is 17.7 Å². The van der Waals surface area contributed by atoms with E-state index in [9.17, 15) is 34.2 Å². The van der Waals surface area contributed by atoms with Gasteiger partial charge in [-0.3, -0.25) is 19.2 Å². The average molecular weight is 499 g/mol. The van der Waals surface area contributed by atoms with Gasteiger partial charge >= 0.3 is 11.9 Å². The number of imidazole rings is 1. The number of carbonyl (C=O) groups excluding carboxylic acids is 3. The third-order valence-electron chi connectivity index (χ3n) is 5.00. The maximum Gasteiger partial charge on any atom is 0.328 e. The third kappa shape index (κ3) is 10.5. The molecule has 5 atom stereocenters. The lowest BCUT2D eigenvalue weighted by Crippen LogP contribution is -2.58. The number of carboxylic acids is 2. The highest BCUT2D eigenvalue weighted by atomic mass is 16.4. The molecule has 0 radical (unpaired) electrons. The minimum atomic E-state index is -1.67. The van der Waals surface area contributed by atoms with E-state index in [0.29, 0.717) is 5.69 Å². The predicted octanol–water partition coefficient (Wildman–Crippen LogP) is -1.89. The summed E-state index contributed by atoms with van der Waals surface area (Å²) in [6.45, 7) is 4.78. The number of nitrogens with zero attached hydrogens (tertiary/aromatic N) is 1. The van der Waals surface area contributed by atoms with E-state index in [1.54, 1.807) is 0 Å². The summed E-state index contributed by atoms with van der Waals surface area (Å²) in [6.07, 6.45) is 0.978. The van der Waals surface area contributed by atoms with E-state index >= 15 is 0 Å². The molecule has 1 rings (SSSR count). The van der Waals surface area contributed by atoms with Crippen molar-refractivity contribution in [3.63, 3.8) is 0 Å². The molecule has 0 aromatic carbocycles. The molecule has 0 bridgehead atoms. The van der Waals surface area contributed by atoms with Gasteiger partial charge in [0, 0.05) is 24.7 Å². The van der Waals surface area contributed by atoms with Crippen molar-refractivity contribution >= 4 is 29.7 Å². The highest BCUT2D eigenvalue weighted by Gasteiger charge is 2.32. The molecule has 35 heavy (non-hydrogen) atoms. The zero-order valence-electron chi connectivity index (χ0n) is 19.9.